The average Bonchev–Trinajstić information content (AvgIpc) is 3.42. The number of hydrogen-bond donors (Lipinski definition) is 0. The summed E-state index contributed by atoms with van der Waals surface area (Å²) in [6.07, 6.45) is 86.6. The lowest BCUT2D eigenvalue weighted by atomic mass is 10.0. The van der Waals surface area contributed by atoms with E-state index in [2.05, 4.69) is 130 Å². The molecule has 0 saturated carbocycles. The number of allylic oxidation sites excluding steroid dienone is 18. The fourth-order valence-electron chi connectivity index (χ4n) is 8.81. The van der Waals surface area contributed by atoms with E-state index in [0.29, 0.717) is 19.3 Å². The van der Waals surface area contributed by atoms with Gasteiger partial charge >= 0.3 is 17.9 Å². The molecule has 0 radical (unpaired) electrons. The maximum absolute atomic E-state index is 12.9. The van der Waals surface area contributed by atoms with Crippen LogP contribution in [0.4, 0.5) is 0 Å². The van der Waals surface area contributed by atoms with Gasteiger partial charge in [0, 0.05) is 19.3 Å². The smallest absolute Gasteiger partial charge is 0.306 e. The molecule has 0 aliphatic rings. The number of unbranched alkanes of at least 4 members (excludes halogenated alkanes) is 28. The van der Waals surface area contributed by atoms with E-state index in [9.17, 15) is 14.4 Å². The maximum Gasteiger partial charge on any atom is 0.306 e. The Labute approximate surface area is 470 Å². The minimum atomic E-state index is -0.795. The van der Waals surface area contributed by atoms with E-state index in [1.165, 1.54) is 122 Å². The lowest BCUT2D eigenvalue weighted by Crippen LogP contribution is -2.30. The molecular weight excluding hydrogens is 937 g/mol. The lowest BCUT2D eigenvalue weighted by Gasteiger charge is -2.18. The van der Waals surface area contributed by atoms with Crippen LogP contribution >= 0.6 is 0 Å². The van der Waals surface area contributed by atoms with Gasteiger partial charge in [0.25, 0.3) is 0 Å². The van der Waals surface area contributed by atoms with Gasteiger partial charge in [0.1, 0.15) is 13.2 Å². The van der Waals surface area contributed by atoms with Crippen LogP contribution in [0.5, 0.6) is 0 Å². The van der Waals surface area contributed by atoms with E-state index >= 15 is 0 Å². The van der Waals surface area contributed by atoms with Crippen molar-refractivity contribution in [1.29, 1.82) is 0 Å². The topological polar surface area (TPSA) is 78.9 Å². The Balaban J connectivity index is 4.44. The summed E-state index contributed by atoms with van der Waals surface area (Å²) < 4.78 is 16.9. The third-order valence-electron chi connectivity index (χ3n) is 13.5. The Morgan fingerprint density at radius 2 is 0.513 bits per heavy atom. The highest BCUT2D eigenvalue weighted by atomic mass is 16.6. The molecule has 0 aliphatic heterocycles. The summed E-state index contributed by atoms with van der Waals surface area (Å²) in [6, 6.07) is 0. The summed E-state index contributed by atoms with van der Waals surface area (Å²) >= 11 is 0. The van der Waals surface area contributed by atoms with Crippen LogP contribution in [0, 0.1) is 0 Å². The zero-order valence-corrected chi connectivity index (χ0v) is 49.7. The second-order valence-corrected chi connectivity index (χ2v) is 20.9. The number of rotatable bonds is 57. The zero-order chi connectivity index (χ0) is 55.0. The highest BCUT2D eigenvalue weighted by Crippen LogP contribution is 2.16. The summed E-state index contributed by atoms with van der Waals surface area (Å²) in [7, 11) is 0. The molecule has 1 atom stereocenters. The first-order chi connectivity index (χ1) is 37.5. The van der Waals surface area contributed by atoms with Crippen molar-refractivity contribution in [3.63, 3.8) is 0 Å². The molecule has 434 valence electrons. The molecular formula is C70H118O6. The van der Waals surface area contributed by atoms with E-state index < -0.39 is 6.10 Å². The van der Waals surface area contributed by atoms with E-state index in [0.717, 1.165) is 135 Å². The lowest BCUT2D eigenvalue weighted by molar-refractivity contribution is -0.167. The highest BCUT2D eigenvalue weighted by Gasteiger charge is 2.19. The van der Waals surface area contributed by atoms with Crippen LogP contribution in [0.3, 0.4) is 0 Å². The Bertz CT molecular complexity index is 1540. The molecule has 0 N–H and O–H groups in total. The maximum atomic E-state index is 12.9. The standard InChI is InChI=1S/C70H118O6/c1-4-7-10-13-16-19-22-25-28-31-33-34-35-36-37-40-42-45-48-51-54-57-60-63-69(72)75-66-67(65-74-68(71)62-59-56-53-50-47-44-41-38-30-27-24-21-18-15-12-9-6-3)76-70(73)64-61-58-55-52-49-46-43-39-32-29-26-23-20-17-14-11-8-5-2/h7,9-10,12,16,18-19,21,25,27-28,30,33-34,36-37,42,45,67H,4-6,8,11,13-15,17,20,22-24,26,29,31-32,35,38-41,43-44,46-66H2,1-3H3/b10-7-,12-9-,19-16-,21-18-,28-25-,30-27-,34-33-,37-36-,45-42-. The number of esters is 3. The van der Waals surface area contributed by atoms with Crippen LogP contribution in [-0.2, 0) is 28.6 Å². The molecule has 0 aromatic carbocycles. The van der Waals surface area contributed by atoms with E-state index in [1.807, 2.05) is 0 Å². The third-order valence-corrected chi connectivity index (χ3v) is 13.5. The molecule has 0 heterocycles. The van der Waals surface area contributed by atoms with Crippen molar-refractivity contribution in [3.05, 3.63) is 109 Å². The Morgan fingerprint density at radius 1 is 0.276 bits per heavy atom. The molecule has 0 aliphatic carbocycles. The van der Waals surface area contributed by atoms with Crippen molar-refractivity contribution < 1.29 is 28.6 Å². The molecule has 6 heteroatoms. The monoisotopic (exact) mass is 1050 g/mol. The van der Waals surface area contributed by atoms with Crippen LogP contribution in [-0.4, -0.2) is 37.2 Å². The Hall–Kier alpha value is -3.93. The molecule has 0 spiro atoms. The van der Waals surface area contributed by atoms with Gasteiger partial charge in [0.05, 0.1) is 0 Å². The number of ether oxygens (including phenoxy) is 3. The fraction of sp³-hybridized carbons (Fsp3) is 0.700. The van der Waals surface area contributed by atoms with Gasteiger partial charge in [-0.25, -0.2) is 0 Å². The Morgan fingerprint density at radius 3 is 0.803 bits per heavy atom. The minimum absolute atomic E-state index is 0.0907. The van der Waals surface area contributed by atoms with Crippen molar-refractivity contribution in [3.8, 4) is 0 Å². The van der Waals surface area contributed by atoms with Crippen molar-refractivity contribution in [2.75, 3.05) is 13.2 Å². The molecule has 0 saturated heterocycles. The van der Waals surface area contributed by atoms with Crippen molar-refractivity contribution in [1.82, 2.24) is 0 Å². The quantitative estimate of drug-likeness (QED) is 0.0261. The summed E-state index contributed by atoms with van der Waals surface area (Å²) in [5, 5.41) is 0. The summed E-state index contributed by atoms with van der Waals surface area (Å²) in [5.41, 5.74) is 0. The molecule has 0 fully saturated rings. The van der Waals surface area contributed by atoms with Crippen molar-refractivity contribution in [2.24, 2.45) is 0 Å². The van der Waals surface area contributed by atoms with Gasteiger partial charge in [0.15, 0.2) is 6.10 Å². The molecule has 0 aromatic rings. The van der Waals surface area contributed by atoms with Gasteiger partial charge in [-0.05, 0) is 103 Å². The van der Waals surface area contributed by atoms with Gasteiger partial charge in [0.2, 0.25) is 0 Å². The van der Waals surface area contributed by atoms with Crippen LogP contribution in [0.15, 0.2) is 109 Å². The molecule has 0 amide bonds. The minimum Gasteiger partial charge on any atom is -0.462 e. The normalized spacial score (nSPS) is 12.8. The summed E-state index contributed by atoms with van der Waals surface area (Å²) in [6.45, 7) is 6.42. The van der Waals surface area contributed by atoms with Gasteiger partial charge in [-0.3, -0.25) is 14.4 Å². The fourth-order valence-corrected chi connectivity index (χ4v) is 8.81. The van der Waals surface area contributed by atoms with Crippen LogP contribution in [0.1, 0.15) is 297 Å². The van der Waals surface area contributed by atoms with Gasteiger partial charge in [-0.15, -0.1) is 0 Å². The molecule has 1 unspecified atom stereocenters. The van der Waals surface area contributed by atoms with Gasteiger partial charge in [-0.2, -0.15) is 0 Å². The van der Waals surface area contributed by atoms with E-state index in [1.54, 1.807) is 0 Å². The predicted octanol–water partition coefficient (Wildman–Crippen LogP) is 21.8. The van der Waals surface area contributed by atoms with E-state index in [-0.39, 0.29) is 31.1 Å². The Kier molecular flexibility index (Phi) is 60.3. The summed E-state index contributed by atoms with van der Waals surface area (Å²) in [4.78, 5) is 38.3. The van der Waals surface area contributed by atoms with Gasteiger partial charge < -0.3 is 14.2 Å². The molecule has 6 nitrogen and oxygen atoms in total. The molecule has 0 rings (SSSR count). The van der Waals surface area contributed by atoms with Gasteiger partial charge in [-0.1, -0.05) is 284 Å². The first kappa shape index (κ1) is 72.1. The molecule has 76 heavy (non-hydrogen) atoms. The van der Waals surface area contributed by atoms with Crippen LogP contribution in [0.2, 0.25) is 0 Å². The van der Waals surface area contributed by atoms with Crippen LogP contribution in [0.25, 0.3) is 0 Å². The van der Waals surface area contributed by atoms with Crippen LogP contribution < -0.4 is 0 Å². The second kappa shape index (κ2) is 63.6. The third kappa shape index (κ3) is 60.9. The average molecular weight is 1060 g/mol. The molecule has 0 aromatic heterocycles. The predicted molar refractivity (Wildman–Crippen MR) is 330 cm³/mol. The van der Waals surface area contributed by atoms with E-state index in [4.69, 9.17) is 14.2 Å². The van der Waals surface area contributed by atoms with Crippen molar-refractivity contribution >= 4 is 17.9 Å². The second-order valence-electron chi connectivity index (χ2n) is 20.9. The molecule has 0 bridgehead atoms. The zero-order valence-electron chi connectivity index (χ0n) is 49.7. The number of hydrogen-bond acceptors (Lipinski definition) is 6. The number of carbonyl (C=O) groups excluding carboxylic acids is 3. The SMILES string of the molecule is CC/C=C\C/C=C\C/C=C\C/C=C\C/C=C\C/C=C\CCCCCCC(=O)OCC(COC(=O)CCCCCCCCC/C=C\C/C=C\C/C=C\CC)OC(=O)CCCCCCCCCCCCCCCCCCCC. The first-order valence-electron chi connectivity index (χ1n) is 31.9. The highest BCUT2D eigenvalue weighted by molar-refractivity contribution is 5.71. The first-order valence-corrected chi connectivity index (χ1v) is 31.9. The number of carbonyl (C=O) groups is 3. The summed E-state index contributed by atoms with van der Waals surface area (Å²) in [5.74, 6) is -0.915. The van der Waals surface area contributed by atoms with Crippen molar-refractivity contribution in [2.45, 2.75) is 303 Å². The largest absolute Gasteiger partial charge is 0.462 e.